The topological polar surface area (TPSA) is 129 Å². The summed E-state index contributed by atoms with van der Waals surface area (Å²) in [5.74, 6) is -0.175. The number of anilines is 2. The van der Waals surface area contributed by atoms with Crippen molar-refractivity contribution in [1.82, 2.24) is 14.4 Å². The van der Waals surface area contributed by atoms with E-state index in [0.29, 0.717) is 22.6 Å². The molecule has 2 aromatic heterocycles. The molecule has 9 nitrogen and oxygen atoms in total. The predicted molar refractivity (Wildman–Crippen MR) is 132 cm³/mol. The number of aromatic nitrogens is 3. The summed E-state index contributed by atoms with van der Waals surface area (Å²) in [5, 5.41) is 11.8. The zero-order valence-electron chi connectivity index (χ0n) is 19.0. The zero-order valence-corrected chi connectivity index (χ0v) is 19.0. The monoisotopic (exact) mass is 465 g/mol. The molecule has 1 unspecified atom stereocenters. The molecule has 9 heteroatoms. The highest BCUT2D eigenvalue weighted by Gasteiger charge is 2.33. The molecule has 1 aliphatic carbocycles. The first-order valence-electron chi connectivity index (χ1n) is 11.2. The fourth-order valence-corrected chi connectivity index (χ4v) is 3.88. The molecule has 1 atom stereocenters. The lowest BCUT2D eigenvalue weighted by molar-refractivity contribution is -0.117. The van der Waals surface area contributed by atoms with Crippen molar-refractivity contribution < 1.29 is 9.59 Å². The van der Waals surface area contributed by atoms with Gasteiger partial charge < -0.3 is 16.0 Å². The van der Waals surface area contributed by atoms with E-state index in [-0.39, 0.29) is 23.4 Å². The van der Waals surface area contributed by atoms with Gasteiger partial charge in [0.15, 0.2) is 5.65 Å². The minimum atomic E-state index is -0.473. The normalized spacial score (nSPS) is 13.7. The maximum atomic E-state index is 13.1. The van der Waals surface area contributed by atoms with E-state index >= 15 is 0 Å². The van der Waals surface area contributed by atoms with Crippen molar-refractivity contribution in [3.63, 3.8) is 0 Å². The van der Waals surface area contributed by atoms with Crippen molar-refractivity contribution in [2.24, 2.45) is 11.7 Å². The van der Waals surface area contributed by atoms with Gasteiger partial charge in [-0.3, -0.25) is 14.0 Å². The fourth-order valence-electron chi connectivity index (χ4n) is 3.88. The van der Waals surface area contributed by atoms with E-state index in [1.165, 1.54) is 4.90 Å². The molecule has 1 saturated carbocycles. The average molecular weight is 466 g/mol. The summed E-state index contributed by atoms with van der Waals surface area (Å²) in [6.45, 7) is 0. The van der Waals surface area contributed by atoms with Crippen LogP contribution in [-0.4, -0.2) is 39.3 Å². The van der Waals surface area contributed by atoms with E-state index in [4.69, 9.17) is 11.0 Å². The Balaban J connectivity index is 1.37. The lowest BCUT2D eigenvalue weighted by atomic mass is 10.1. The van der Waals surface area contributed by atoms with Crippen LogP contribution in [0.15, 0.2) is 67.1 Å². The zero-order chi connectivity index (χ0) is 24.5. The molecule has 4 aromatic rings. The largest absolute Gasteiger partial charge is 0.325 e. The Bertz CT molecular complexity index is 1450. The summed E-state index contributed by atoms with van der Waals surface area (Å²) < 4.78 is 1.81. The van der Waals surface area contributed by atoms with Gasteiger partial charge in [-0.05, 0) is 55.2 Å². The van der Waals surface area contributed by atoms with Crippen molar-refractivity contribution in [2.45, 2.75) is 18.9 Å². The molecule has 0 bridgehead atoms. The lowest BCUT2D eigenvalue weighted by Gasteiger charge is -2.17. The van der Waals surface area contributed by atoms with Crippen LogP contribution in [0.1, 0.15) is 28.9 Å². The third-order valence-corrected chi connectivity index (χ3v) is 6.18. The third-order valence-electron chi connectivity index (χ3n) is 6.18. The number of nitrogens with two attached hydrogens (primary N) is 1. The minimum Gasteiger partial charge on any atom is -0.325 e. The SMILES string of the molecule is CN(C(=O)c1cn2c(-c3ccc(NC(=O)C(N)C4CC4)cc3)cnc2cn1)c1ccc(C#N)cc1. The van der Waals surface area contributed by atoms with Gasteiger partial charge in [-0.25, -0.2) is 9.97 Å². The molecule has 35 heavy (non-hydrogen) atoms. The van der Waals surface area contributed by atoms with Crippen LogP contribution in [-0.2, 0) is 4.79 Å². The number of fused-ring (bicyclic) bond motifs is 1. The van der Waals surface area contributed by atoms with Crippen LogP contribution >= 0.6 is 0 Å². The molecule has 5 rings (SSSR count). The highest BCUT2D eigenvalue weighted by atomic mass is 16.2. The number of imidazole rings is 1. The molecule has 2 heterocycles. The summed E-state index contributed by atoms with van der Waals surface area (Å²) in [4.78, 5) is 35.5. The summed E-state index contributed by atoms with van der Waals surface area (Å²) in [6.07, 6.45) is 6.93. The molecule has 174 valence electrons. The van der Waals surface area contributed by atoms with Gasteiger partial charge in [-0.15, -0.1) is 0 Å². The van der Waals surface area contributed by atoms with E-state index < -0.39 is 6.04 Å². The Morgan fingerprint density at radius 2 is 1.83 bits per heavy atom. The van der Waals surface area contributed by atoms with Crippen LogP contribution in [0.4, 0.5) is 11.4 Å². The van der Waals surface area contributed by atoms with Gasteiger partial charge in [0.1, 0.15) is 5.69 Å². The second kappa shape index (κ2) is 9.00. The third kappa shape index (κ3) is 4.47. The molecular formula is C26H23N7O2. The maximum Gasteiger partial charge on any atom is 0.278 e. The number of carbonyl (C=O) groups is 2. The van der Waals surface area contributed by atoms with E-state index in [1.807, 2.05) is 28.7 Å². The number of nitrogens with zero attached hydrogens (tertiary/aromatic N) is 5. The Labute approximate surface area is 201 Å². The van der Waals surface area contributed by atoms with Gasteiger partial charge in [0, 0.05) is 30.2 Å². The summed E-state index contributed by atoms with van der Waals surface area (Å²) in [6, 6.07) is 15.8. The number of nitrogens with one attached hydrogen (secondary N) is 1. The average Bonchev–Trinajstić information content (AvgIpc) is 3.66. The Hall–Kier alpha value is -4.55. The van der Waals surface area contributed by atoms with Gasteiger partial charge >= 0.3 is 0 Å². The molecule has 2 amide bonds. The standard InChI is InChI=1S/C26H23N7O2/c1-32(20-10-2-16(12-27)3-11-20)26(35)21-15-33-22(13-30-23(33)14-29-21)17-6-8-19(9-7-17)31-25(34)24(28)18-4-5-18/h2-3,6-11,13-15,18,24H,4-5,28H2,1H3,(H,31,34). The Kier molecular flexibility index (Phi) is 5.73. The van der Waals surface area contributed by atoms with Crippen LogP contribution < -0.4 is 16.0 Å². The van der Waals surface area contributed by atoms with Gasteiger partial charge in [0.05, 0.1) is 35.8 Å². The van der Waals surface area contributed by atoms with E-state index in [2.05, 4.69) is 21.4 Å². The highest BCUT2D eigenvalue weighted by molar-refractivity contribution is 6.04. The van der Waals surface area contributed by atoms with Crippen LogP contribution in [0.3, 0.4) is 0 Å². The summed E-state index contributed by atoms with van der Waals surface area (Å²) >= 11 is 0. The van der Waals surface area contributed by atoms with Crippen LogP contribution in [0.5, 0.6) is 0 Å². The van der Waals surface area contributed by atoms with Gasteiger partial charge in [0.2, 0.25) is 5.91 Å². The van der Waals surface area contributed by atoms with Crippen molar-refractivity contribution in [1.29, 1.82) is 5.26 Å². The molecule has 2 aromatic carbocycles. The molecule has 1 aliphatic rings. The Morgan fingerprint density at radius 1 is 1.11 bits per heavy atom. The molecule has 0 radical (unpaired) electrons. The summed E-state index contributed by atoms with van der Waals surface area (Å²) in [7, 11) is 1.66. The van der Waals surface area contributed by atoms with Crippen LogP contribution in [0, 0.1) is 17.2 Å². The molecule has 0 spiro atoms. The van der Waals surface area contributed by atoms with E-state index in [1.54, 1.807) is 49.9 Å². The highest BCUT2D eigenvalue weighted by Crippen LogP contribution is 2.32. The van der Waals surface area contributed by atoms with Gasteiger partial charge in [-0.2, -0.15) is 5.26 Å². The van der Waals surface area contributed by atoms with Crippen LogP contribution in [0.2, 0.25) is 0 Å². The van der Waals surface area contributed by atoms with Crippen molar-refractivity contribution in [3.05, 3.63) is 78.4 Å². The van der Waals surface area contributed by atoms with Crippen molar-refractivity contribution in [3.8, 4) is 17.3 Å². The second-order valence-corrected chi connectivity index (χ2v) is 8.60. The lowest BCUT2D eigenvalue weighted by Crippen LogP contribution is -2.37. The first-order chi connectivity index (χ1) is 16.9. The van der Waals surface area contributed by atoms with Gasteiger partial charge in [0.25, 0.3) is 5.91 Å². The first-order valence-corrected chi connectivity index (χ1v) is 11.2. The van der Waals surface area contributed by atoms with Gasteiger partial charge in [-0.1, -0.05) is 12.1 Å². The molecule has 0 aliphatic heterocycles. The number of hydrogen-bond donors (Lipinski definition) is 2. The Morgan fingerprint density at radius 3 is 2.49 bits per heavy atom. The number of benzene rings is 2. The van der Waals surface area contributed by atoms with Crippen molar-refractivity contribution >= 4 is 28.8 Å². The summed E-state index contributed by atoms with van der Waals surface area (Å²) in [5.41, 5.74) is 10.3. The predicted octanol–water partition coefficient (Wildman–Crippen LogP) is 3.22. The van der Waals surface area contributed by atoms with Crippen LogP contribution in [0.25, 0.3) is 16.9 Å². The second-order valence-electron chi connectivity index (χ2n) is 8.60. The van der Waals surface area contributed by atoms with E-state index in [9.17, 15) is 9.59 Å². The number of rotatable bonds is 6. The number of nitriles is 1. The van der Waals surface area contributed by atoms with E-state index in [0.717, 1.165) is 24.1 Å². The smallest absolute Gasteiger partial charge is 0.278 e. The molecule has 3 N–H and O–H groups in total. The molecular weight excluding hydrogens is 442 g/mol. The fraction of sp³-hybridized carbons (Fsp3) is 0.192. The first kappa shape index (κ1) is 22.3. The number of amides is 2. The van der Waals surface area contributed by atoms with Crippen molar-refractivity contribution in [2.75, 3.05) is 17.3 Å². The quantitative estimate of drug-likeness (QED) is 0.450. The molecule has 0 saturated heterocycles. The molecule has 1 fully saturated rings. The minimum absolute atomic E-state index is 0.171. The number of carbonyl (C=O) groups excluding carboxylic acids is 2. The number of hydrogen-bond acceptors (Lipinski definition) is 6. The maximum absolute atomic E-state index is 13.1.